The third-order valence-corrected chi connectivity index (χ3v) is 3.38. The van der Waals surface area contributed by atoms with E-state index in [0.29, 0.717) is 6.42 Å². The first-order valence-electron chi connectivity index (χ1n) is 9.09. The minimum atomic E-state index is -0.165. The van der Waals surface area contributed by atoms with E-state index in [2.05, 4.69) is 53.6 Å². The summed E-state index contributed by atoms with van der Waals surface area (Å²) in [5.74, 6) is 12.3. The number of carbonyl (C=O) groups is 1. The van der Waals surface area contributed by atoms with E-state index in [1.54, 1.807) is 0 Å². The topological polar surface area (TPSA) is 26.3 Å². The summed E-state index contributed by atoms with van der Waals surface area (Å²) >= 11 is 0. The third kappa shape index (κ3) is 18.1. The van der Waals surface area contributed by atoms with Crippen molar-refractivity contribution in [2.24, 2.45) is 0 Å². The highest BCUT2D eigenvalue weighted by atomic mass is 16.5. The summed E-state index contributed by atoms with van der Waals surface area (Å²) < 4.78 is 4.57. The first-order chi connectivity index (χ1) is 11.8. The van der Waals surface area contributed by atoms with Gasteiger partial charge in [0.1, 0.15) is 0 Å². The molecule has 0 aliphatic carbocycles. The molecule has 0 spiro atoms. The fourth-order valence-corrected chi connectivity index (χ4v) is 1.96. The molecule has 132 valence electrons. The van der Waals surface area contributed by atoms with Gasteiger partial charge in [-0.05, 0) is 19.3 Å². The predicted molar refractivity (Wildman–Crippen MR) is 102 cm³/mol. The summed E-state index contributed by atoms with van der Waals surface area (Å²) in [5.41, 5.74) is 0. The molecule has 0 aromatic rings. The Bertz CT molecular complexity index is 478. The second kappa shape index (κ2) is 19.1. The van der Waals surface area contributed by atoms with Crippen LogP contribution in [0.15, 0.2) is 24.3 Å². The normalized spacial score (nSPS) is 10.2. The van der Waals surface area contributed by atoms with E-state index in [1.807, 2.05) is 6.08 Å². The summed E-state index contributed by atoms with van der Waals surface area (Å²) in [7, 11) is 1.41. The number of esters is 1. The van der Waals surface area contributed by atoms with Gasteiger partial charge in [-0.2, -0.15) is 0 Å². The van der Waals surface area contributed by atoms with E-state index in [1.165, 1.54) is 39.2 Å². The monoisotopic (exact) mass is 328 g/mol. The predicted octanol–water partition coefficient (Wildman–Crippen LogP) is 5.59. The largest absolute Gasteiger partial charge is 0.469 e. The molecule has 0 amide bonds. The number of rotatable bonds is 11. The van der Waals surface area contributed by atoms with Crippen molar-refractivity contribution in [3.8, 4) is 23.7 Å². The number of allylic oxidation sites excluding steroid dienone is 4. The zero-order valence-electron chi connectivity index (χ0n) is 15.4. The van der Waals surface area contributed by atoms with Crippen molar-refractivity contribution < 1.29 is 9.53 Å². The average Bonchev–Trinajstić information content (AvgIpc) is 2.60. The maximum Gasteiger partial charge on any atom is 0.305 e. The molecule has 2 nitrogen and oxygen atoms in total. The van der Waals surface area contributed by atoms with Gasteiger partial charge in [0.05, 0.1) is 7.11 Å². The Balaban J connectivity index is 3.50. The summed E-state index contributed by atoms with van der Waals surface area (Å²) in [6, 6.07) is 0. The minimum absolute atomic E-state index is 0.165. The number of hydrogen-bond acceptors (Lipinski definition) is 2. The maximum absolute atomic E-state index is 10.9. The Hall–Kier alpha value is -1.93. The van der Waals surface area contributed by atoms with Gasteiger partial charge in [0.15, 0.2) is 0 Å². The van der Waals surface area contributed by atoms with Crippen LogP contribution in [0, 0.1) is 23.7 Å². The quantitative estimate of drug-likeness (QED) is 0.214. The van der Waals surface area contributed by atoms with Gasteiger partial charge >= 0.3 is 5.97 Å². The SMILES string of the molecule is CCCCCC/C=C\CC#CC/C=C\CC#CCCCC(=O)OC. The lowest BCUT2D eigenvalue weighted by Crippen LogP contribution is -1.98. The van der Waals surface area contributed by atoms with Crippen LogP contribution in [0.25, 0.3) is 0 Å². The van der Waals surface area contributed by atoms with Crippen molar-refractivity contribution in [3.63, 3.8) is 0 Å². The standard InChI is InChI=1S/C22H32O2/c1-3-4-5-6-7-8-9-10-11-12-13-14-15-16-17-18-19-20-21-22(23)24-2/h8-9,14-15H,3-7,10,13,16,19-21H2,1-2H3/b9-8-,15-14-. The molecule has 0 heterocycles. The van der Waals surface area contributed by atoms with Gasteiger partial charge in [-0.3, -0.25) is 4.79 Å². The maximum atomic E-state index is 10.9. The van der Waals surface area contributed by atoms with Gasteiger partial charge in [-0.1, -0.05) is 68.3 Å². The van der Waals surface area contributed by atoms with E-state index < -0.39 is 0 Å². The highest BCUT2D eigenvalue weighted by Crippen LogP contribution is 2.03. The summed E-state index contributed by atoms with van der Waals surface area (Å²) in [6.07, 6.45) is 19.3. The molecule has 0 fully saturated rings. The Labute approximate surface area is 148 Å². The van der Waals surface area contributed by atoms with Gasteiger partial charge in [0.25, 0.3) is 0 Å². The number of methoxy groups -OCH3 is 1. The molecule has 0 saturated carbocycles. The lowest BCUT2D eigenvalue weighted by molar-refractivity contribution is -0.140. The summed E-state index contributed by atoms with van der Waals surface area (Å²) in [6.45, 7) is 2.24. The van der Waals surface area contributed by atoms with Gasteiger partial charge in [-0.25, -0.2) is 0 Å². The number of hydrogen-bond donors (Lipinski definition) is 0. The molecule has 0 aliphatic heterocycles. The van der Waals surface area contributed by atoms with E-state index >= 15 is 0 Å². The zero-order chi connectivity index (χ0) is 17.7. The molecule has 0 unspecified atom stereocenters. The van der Waals surface area contributed by atoms with Gasteiger partial charge in [0.2, 0.25) is 0 Å². The Morgan fingerprint density at radius 2 is 1.46 bits per heavy atom. The van der Waals surface area contributed by atoms with E-state index in [-0.39, 0.29) is 5.97 Å². The van der Waals surface area contributed by atoms with Crippen molar-refractivity contribution in [2.45, 2.75) is 77.6 Å². The molecule has 0 rings (SSSR count). The van der Waals surface area contributed by atoms with Gasteiger partial charge in [0, 0.05) is 32.1 Å². The molecule has 24 heavy (non-hydrogen) atoms. The van der Waals surface area contributed by atoms with Crippen LogP contribution in [0.1, 0.15) is 77.6 Å². The third-order valence-electron chi connectivity index (χ3n) is 3.38. The van der Waals surface area contributed by atoms with E-state index in [9.17, 15) is 4.79 Å². The second-order valence-corrected chi connectivity index (χ2v) is 5.54. The second-order valence-electron chi connectivity index (χ2n) is 5.54. The molecule has 0 atom stereocenters. The van der Waals surface area contributed by atoms with Crippen LogP contribution in [0.2, 0.25) is 0 Å². The first-order valence-corrected chi connectivity index (χ1v) is 9.09. The van der Waals surface area contributed by atoms with Crippen LogP contribution < -0.4 is 0 Å². The number of unbranched alkanes of at least 4 members (excludes halogenated alkanes) is 5. The first kappa shape index (κ1) is 22.1. The molecule has 2 heteroatoms. The number of ether oxygens (including phenoxy) is 1. The minimum Gasteiger partial charge on any atom is -0.469 e. The Morgan fingerprint density at radius 1 is 0.833 bits per heavy atom. The highest BCUT2D eigenvalue weighted by Gasteiger charge is 1.96. The molecule has 0 N–H and O–H groups in total. The molecule has 0 aromatic carbocycles. The molecule has 0 aromatic heterocycles. The van der Waals surface area contributed by atoms with Crippen molar-refractivity contribution in [3.05, 3.63) is 24.3 Å². The molecular formula is C22H32O2. The average molecular weight is 328 g/mol. The molecule has 0 saturated heterocycles. The van der Waals surface area contributed by atoms with Crippen LogP contribution in [-0.4, -0.2) is 13.1 Å². The lowest BCUT2D eigenvalue weighted by Gasteiger charge is -1.94. The van der Waals surface area contributed by atoms with Gasteiger partial charge in [-0.15, -0.1) is 5.92 Å². The molecule has 0 radical (unpaired) electrons. The highest BCUT2D eigenvalue weighted by molar-refractivity contribution is 5.69. The van der Waals surface area contributed by atoms with Crippen molar-refractivity contribution in [1.29, 1.82) is 0 Å². The fourth-order valence-electron chi connectivity index (χ4n) is 1.96. The van der Waals surface area contributed by atoms with Crippen molar-refractivity contribution >= 4 is 5.97 Å². The van der Waals surface area contributed by atoms with Crippen molar-refractivity contribution in [1.82, 2.24) is 0 Å². The smallest absolute Gasteiger partial charge is 0.305 e. The summed E-state index contributed by atoms with van der Waals surface area (Å²) in [4.78, 5) is 10.9. The van der Waals surface area contributed by atoms with Crippen molar-refractivity contribution in [2.75, 3.05) is 7.11 Å². The summed E-state index contributed by atoms with van der Waals surface area (Å²) in [5, 5.41) is 0. The Kier molecular flexibility index (Phi) is 17.6. The van der Waals surface area contributed by atoms with Gasteiger partial charge < -0.3 is 4.74 Å². The zero-order valence-corrected chi connectivity index (χ0v) is 15.4. The van der Waals surface area contributed by atoms with Crippen LogP contribution in [0.5, 0.6) is 0 Å². The van der Waals surface area contributed by atoms with Crippen LogP contribution in [-0.2, 0) is 9.53 Å². The molecule has 0 bridgehead atoms. The molecule has 0 aliphatic rings. The van der Waals surface area contributed by atoms with Crippen LogP contribution in [0.4, 0.5) is 0 Å². The Morgan fingerprint density at radius 3 is 2.08 bits per heavy atom. The fraction of sp³-hybridized carbons (Fsp3) is 0.591. The van der Waals surface area contributed by atoms with Crippen LogP contribution >= 0.6 is 0 Å². The van der Waals surface area contributed by atoms with E-state index in [0.717, 1.165) is 32.1 Å². The van der Waals surface area contributed by atoms with Crippen LogP contribution in [0.3, 0.4) is 0 Å². The van der Waals surface area contributed by atoms with E-state index in [4.69, 9.17) is 0 Å². The number of carbonyl (C=O) groups excluding carboxylic acids is 1. The molecular weight excluding hydrogens is 296 g/mol. The lowest BCUT2D eigenvalue weighted by atomic mass is 10.1.